The van der Waals surface area contributed by atoms with Crippen LogP contribution in [0.3, 0.4) is 0 Å². The van der Waals surface area contributed by atoms with E-state index in [1.54, 1.807) is 4.68 Å². The van der Waals surface area contributed by atoms with Crippen LogP contribution in [-0.4, -0.2) is 40.7 Å². The lowest BCUT2D eigenvalue weighted by atomic mass is 10.2. The van der Waals surface area contributed by atoms with Gasteiger partial charge in [0.2, 0.25) is 0 Å². The van der Waals surface area contributed by atoms with Crippen molar-refractivity contribution in [2.24, 2.45) is 7.05 Å². The average molecular weight is 255 g/mol. The minimum Gasteiger partial charge on any atom is -0.389 e. The summed E-state index contributed by atoms with van der Waals surface area (Å²) >= 11 is 0. The van der Waals surface area contributed by atoms with Gasteiger partial charge < -0.3 is 15.2 Å². The van der Waals surface area contributed by atoms with Crippen LogP contribution in [0.15, 0.2) is 12.3 Å². The molecule has 0 spiro atoms. The fraction of sp³-hybridized carbons (Fsp3) is 0.769. The van der Waals surface area contributed by atoms with Crippen LogP contribution in [0.4, 0.5) is 5.82 Å². The van der Waals surface area contributed by atoms with E-state index in [-0.39, 0.29) is 0 Å². The Morgan fingerprint density at radius 3 is 2.94 bits per heavy atom. The number of unbranched alkanes of at least 4 members (excludes halogenated alkanes) is 3. The quantitative estimate of drug-likeness (QED) is 0.626. The minimum absolute atomic E-state index is 0.381. The Morgan fingerprint density at radius 1 is 1.44 bits per heavy atom. The first kappa shape index (κ1) is 15.0. The summed E-state index contributed by atoms with van der Waals surface area (Å²) < 4.78 is 7.14. The predicted molar refractivity (Wildman–Crippen MR) is 72.7 cm³/mol. The summed E-state index contributed by atoms with van der Waals surface area (Å²) in [6.07, 6.45) is 6.15. The molecule has 0 aliphatic carbocycles. The van der Waals surface area contributed by atoms with E-state index in [0.29, 0.717) is 13.2 Å². The number of aliphatic hydroxyl groups is 1. The lowest BCUT2D eigenvalue weighted by molar-refractivity contribution is 0.0416. The number of aryl methyl sites for hydroxylation is 1. The zero-order valence-electron chi connectivity index (χ0n) is 11.4. The van der Waals surface area contributed by atoms with E-state index in [1.807, 2.05) is 19.3 Å². The predicted octanol–water partition coefficient (Wildman–Crippen LogP) is 1.79. The van der Waals surface area contributed by atoms with Crippen molar-refractivity contribution in [3.63, 3.8) is 0 Å². The van der Waals surface area contributed by atoms with Gasteiger partial charge in [-0.15, -0.1) is 0 Å². The lowest BCUT2D eigenvalue weighted by Gasteiger charge is -2.11. The normalized spacial score (nSPS) is 12.6. The molecule has 0 aliphatic heterocycles. The third kappa shape index (κ3) is 6.61. The molecule has 1 unspecified atom stereocenters. The highest BCUT2D eigenvalue weighted by Crippen LogP contribution is 2.02. The summed E-state index contributed by atoms with van der Waals surface area (Å²) in [5, 5.41) is 16.9. The number of nitrogens with zero attached hydrogens (tertiary/aromatic N) is 2. The van der Waals surface area contributed by atoms with Crippen LogP contribution >= 0.6 is 0 Å². The molecule has 0 aromatic carbocycles. The molecule has 1 atom stereocenters. The van der Waals surface area contributed by atoms with Gasteiger partial charge in [0.15, 0.2) is 0 Å². The summed E-state index contributed by atoms with van der Waals surface area (Å²) in [7, 11) is 1.86. The molecule has 0 amide bonds. The monoisotopic (exact) mass is 255 g/mol. The number of anilines is 1. The van der Waals surface area contributed by atoms with E-state index in [1.165, 1.54) is 19.3 Å². The fourth-order valence-electron chi connectivity index (χ4n) is 1.64. The Balaban J connectivity index is 1.98. The van der Waals surface area contributed by atoms with Gasteiger partial charge in [-0.2, -0.15) is 5.10 Å². The summed E-state index contributed by atoms with van der Waals surface area (Å²) in [5.41, 5.74) is 0. The van der Waals surface area contributed by atoms with E-state index in [4.69, 9.17) is 4.74 Å². The van der Waals surface area contributed by atoms with E-state index < -0.39 is 6.10 Å². The summed E-state index contributed by atoms with van der Waals surface area (Å²) in [6.45, 7) is 3.77. The van der Waals surface area contributed by atoms with Gasteiger partial charge >= 0.3 is 0 Å². The molecule has 5 heteroatoms. The molecule has 1 heterocycles. The van der Waals surface area contributed by atoms with Crippen molar-refractivity contribution in [3.05, 3.63) is 12.3 Å². The Bertz CT molecular complexity index is 315. The molecule has 0 aliphatic rings. The number of aromatic nitrogens is 2. The maximum absolute atomic E-state index is 9.70. The van der Waals surface area contributed by atoms with Gasteiger partial charge in [0.25, 0.3) is 0 Å². The first-order chi connectivity index (χ1) is 8.72. The Kier molecular flexibility index (Phi) is 7.44. The lowest BCUT2D eigenvalue weighted by Crippen LogP contribution is -2.25. The molecule has 0 bridgehead atoms. The SMILES string of the molecule is CCCCCCOCC(O)CNc1ccn(C)n1. The molecule has 0 saturated carbocycles. The molecule has 5 nitrogen and oxygen atoms in total. The first-order valence-corrected chi connectivity index (χ1v) is 6.71. The van der Waals surface area contributed by atoms with Gasteiger partial charge in [-0.3, -0.25) is 4.68 Å². The molecule has 0 radical (unpaired) electrons. The van der Waals surface area contributed by atoms with Crippen molar-refractivity contribution in [1.29, 1.82) is 0 Å². The van der Waals surface area contributed by atoms with Crippen molar-refractivity contribution in [1.82, 2.24) is 9.78 Å². The number of rotatable bonds is 10. The van der Waals surface area contributed by atoms with Crippen LogP contribution in [0.1, 0.15) is 32.6 Å². The zero-order valence-corrected chi connectivity index (χ0v) is 11.4. The van der Waals surface area contributed by atoms with E-state index in [9.17, 15) is 5.11 Å². The molecule has 1 aromatic rings. The highest BCUT2D eigenvalue weighted by atomic mass is 16.5. The highest BCUT2D eigenvalue weighted by molar-refractivity contribution is 5.31. The number of ether oxygens (including phenoxy) is 1. The van der Waals surface area contributed by atoms with Gasteiger partial charge in [-0.25, -0.2) is 0 Å². The number of aliphatic hydroxyl groups excluding tert-OH is 1. The number of nitrogens with one attached hydrogen (secondary N) is 1. The van der Waals surface area contributed by atoms with E-state index in [0.717, 1.165) is 18.8 Å². The van der Waals surface area contributed by atoms with E-state index >= 15 is 0 Å². The summed E-state index contributed by atoms with van der Waals surface area (Å²) in [4.78, 5) is 0. The number of hydrogen-bond acceptors (Lipinski definition) is 4. The third-order valence-corrected chi connectivity index (χ3v) is 2.68. The second-order valence-electron chi connectivity index (χ2n) is 4.54. The van der Waals surface area contributed by atoms with Crippen molar-refractivity contribution in [2.75, 3.05) is 25.1 Å². The van der Waals surface area contributed by atoms with Crippen molar-refractivity contribution >= 4 is 5.82 Å². The molecule has 0 saturated heterocycles. The molecule has 1 rings (SSSR count). The molecule has 2 N–H and O–H groups in total. The standard InChI is InChI=1S/C13H25N3O2/c1-3-4-5-6-9-18-11-12(17)10-14-13-7-8-16(2)15-13/h7-8,12,17H,3-6,9-11H2,1-2H3,(H,14,15). The van der Waals surface area contributed by atoms with E-state index in [2.05, 4.69) is 17.3 Å². The van der Waals surface area contributed by atoms with Crippen LogP contribution in [0.25, 0.3) is 0 Å². The van der Waals surface area contributed by atoms with Crippen molar-refractivity contribution < 1.29 is 9.84 Å². The van der Waals surface area contributed by atoms with Crippen LogP contribution in [0.2, 0.25) is 0 Å². The molecule has 1 aromatic heterocycles. The molecular weight excluding hydrogens is 230 g/mol. The fourth-order valence-corrected chi connectivity index (χ4v) is 1.64. The smallest absolute Gasteiger partial charge is 0.148 e. The zero-order chi connectivity index (χ0) is 13.2. The van der Waals surface area contributed by atoms with Gasteiger partial charge in [0, 0.05) is 32.5 Å². The second kappa shape index (κ2) is 8.94. The Hall–Kier alpha value is -1.07. The van der Waals surface area contributed by atoms with Gasteiger partial charge in [-0.05, 0) is 6.42 Å². The Labute approximate surface area is 109 Å². The highest BCUT2D eigenvalue weighted by Gasteiger charge is 2.04. The van der Waals surface area contributed by atoms with Gasteiger partial charge in [0.05, 0.1) is 12.7 Å². The topological polar surface area (TPSA) is 59.3 Å². The van der Waals surface area contributed by atoms with Crippen LogP contribution < -0.4 is 5.32 Å². The Morgan fingerprint density at radius 2 is 2.28 bits per heavy atom. The largest absolute Gasteiger partial charge is 0.389 e. The average Bonchev–Trinajstić information content (AvgIpc) is 2.77. The molecule has 18 heavy (non-hydrogen) atoms. The van der Waals surface area contributed by atoms with Gasteiger partial charge in [-0.1, -0.05) is 26.2 Å². The van der Waals surface area contributed by atoms with Gasteiger partial charge in [0.1, 0.15) is 5.82 Å². The number of hydrogen-bond donors (Lipinski definition) is 2. The van der Waals surface area contributed by atoms with Crippen molar-refractivity contribution in [3.8, 4) is 0 Å². The maximum Gasteiger partial charge on any atom is 0.148 e. The second-order valence-corrected chi connectivity index (χ2v) is 4.54. The van der Waals surface area contributed by atoms with Crippen molar-refractivity contribution in [2.45, 2.75) is 38.7 Å². The first-order valence-electron chi connectivity index (χ1n) is 6.71. The third-order valence-electron chi connectivity index (χ3n) is 2.68. The molecule has 104 valence electrons. The van der Waals surface area contributed by atoms with Crippen LogP contribution in [0, 0.1) is 0 Å². The van der Waals surface area contributed by atoms with Crippen LogP contribution in [0.5, 0.6) is 0 Å². The van der Waals surface area contributed by atoms with Crippen LogP contribution in [-0.2, 0) is 11.8 Å². The molecular formula is C13H25N3O2. The minimum atomic E-state index is -0.488. The summed E-state index contributed by atoms with van der Waals surface area (Å²) in [5.74, 6) is 0.777. The maximum atomic E-state index is 9.70. The molecule has 0 fully saturated rings. The summed E-state index contributed by atoms with van der Waals surface area (Å²) in [6, 6.07) is 1.87.